The topological polar surface area (TPSA) is 68.0 Å². The number of benzene rings is 2. The van der Waals surface area contributed by atoms with Crippen LogP contribution < -0.4 is 0 Å². The van der Waals surface area contributed by atoms with Crippen LogP contribution in [0.2, 0.25) is 0 Å². The number of carboxylic acid groups (broad SMARTS) is 1. The molecular weight excluding hydrogens is 278 g/mol. The Morgan fingerprint density at radius 3 is 2.45 bits per heavy atom. The number of hydrogen-bond donors (Lipinski definition) is 1. The van der Waals surface area contributed by atoms with Gasteiger partial charge in [0.25, 0.3) is 0 Å². The van der Waals surface area contributed by atoms with E-state index in [-0.39, 0.29) is 5.69 Å². The van der Waals surface area contributed by atoms with Crippen LogP contribution in [0.25, 0.3) is 16.9 Å². The van der Waals surface area contributed by atoms with Crippen molar-refractivity contribution in [3.8, 4) is 16.9 Å². The molecule has 0 aliphatic carbocycles. The van der Waals surface area contributed by atoms with Gasteiger partial charge in [0, 0.05) is 5.56 Å². The molecule has 1 heterocycles. The van der Waals surface area contributed by atoms with E-state index in [2.05, 4.69) is 10.3 Å². The third-order valence-electron chi connectivity index (χ3n) is 3.72. The maximum atomic E-state index is 11.5. The molecule has 0 fully saturated rings. The molecule has 3 aromatic rings. The monoisotopic (exact) mass is 293 g/mol. The Hall–Kier alpha value is -2.95. The van der Waals surface area contributed by atoms with Gasteiger partial charge in [-0.15, -0.1) is 5.10 Å². The molecule has 0 atom stereocenters. The normalized spacial score (nSPS) is 10.6. The zero-order valence-electron chi connectivity index (χ0n) is 12.3. The molecule has 110 valence electrons. The Balaban J connectivity index is 2.30. The molecule has 0 saturated carbocycles. The van der Waals surface area contributed by atoms with Crippen LogP contribution in [0.1, 0.15) is 21.6 Å². The lowest BCUT2D eigenvalue weighted by atomic mass is 10.1. The molecule has 5 nitrogen and oxygen atoms in total. The second-order valence-electron chi connectivity index (χ2n) is 5.09. The summed E-state index contributed by atoms with van der Waals surface area (Å²) < 4.78 is 1.60. The number of hydrogen-bond acceptors (Lipinski definition) is 3. The fraction of sp³-hybridized carbons (Fsp3) is 0.118. The molecule has 0 bridgehead atoms. The van der Waals surface area contributed by atoms with Gasteiger partial charge in [0.15, 0.2) is 5.69 Å². The van der Waals surface area contributed by atoms with E-state index >= 15 is 0 Å². The second kappa shape index (κ2) is 5.44. The molecule has 2 aromatic carbocycles. The first-order valence-corrected chi connectivity index (χ1v) is 6.90. The van der Waals surface area contributed by atoms with Crippen LogP contribution in [0.15, 0.2) is 48.5 Å². The van der Waals surface area contributed by atoms with E-state index in [4.69, 9.17) is 0 Å². The molecule has 0 aliphatic rings. The second-order valence-corrected chi connectivity index (χ2v) is 5.09. The van der Waals surface area contributed by atoms with Gasteiger partial charge in [0.05, 0.1) is 5.69 Å². The predicted molar refractivity (Wildman–Crippen MR) is 83.2 cm³/mol. The average Bonchev–Trinajstić information content (AvgIpc) is 2.96. The molecule has 0 radical (unpaired) electrons. The first-order valence-electron chi connectivity index (χ1n) is 6.90. The highest BCUT2D eigenvalue weighted by Gasteiger charge is 2.22. The number of carboxylic acids is 1. The maximum absolute atomic E-state index is 11.5. The Labute approximate surface area is 127 Å². The largest absolute Gasteiger partial charge is 0.476 e. The summed E-state index contributed by atoms with van der Waals surface area (Å²) in [6.45, 7) is 4.00. The molecule has 0 amide bonds. The number of aromatic carboxylic acids is 1. The van der Waals surface area contributed by atoms with E-state index in [0.29, 0.717) is 5.69 Å². The molecule has 0 spiro atoms. The van der Waals surface area contributed by atoms with Crippen LogP contribution in [0.4, 0.5) is 0 Å². The van der Waals surface area contributed by atoms with Gasteiger partial charge in [0.2, 0.25) is 0 Å². The molecule has 0 aliphatic heterocycles. The van der Waals surface area contributed by atoms with Crippen LogP contribution in [0.3, 0.4) is 0 Å². The summed E-state index contributed by atoms with van der Waals surface area (Å²) in [6, 6.07) is 15.2. The molecule has 5 heteroatoms. The lowest BCUT2D eigenvalue weighted by Gasteiger charge is -2.11. The van der Waals surface area contributed by atoms with Crippen molar-refractivity contribution in [3.05, 3.63) is 65.4 Å². The molecule has 0 unspecified atom stereocenters. The van der Waals surface area contributed by atoms with Crippen molar-refractivity contribution in [2.75, 3.05) is 0 Å². The lowest BCUT2D eigenvalue weighted by molar-refractivity contribution is 0.0691. The van der Waals surface area contributed by atoms with Crippen molar-refractivity contribution >= 4 is 5.97 Å². The molecular formula is C17H15N3O2. The molecule has 3 rings (SSSR count). The zero-order chi connectivity index (χ0) is 15.7. The van der Waals surface area contributed by atoms with Crippen molar-refractivity contribution in [1.82, 2.24) is 15.0 Å². The first-order chi connectivity index (χ1) is 10.6. The van der Waals surface area contributed by atoms with Gasteiger partial charge in [0.1, 0.15) is 5.69 Å². The number of carbonyl (C=O) groups is 1. The van der Waals surface area contributed by atoms with Crippen LogP contribution in [0, 0.1) is 13.8 Å². The third kappa shape index (κ3) is 2.26. The minimum absolute atomic E-state index is 0.0490. The van der Waals surface area contributed by atoms with Crippen LogP contribution in [0.5, 0.6) is 0 Å². The highest BCUT2D eigenvalue weighted by Crippen LogP contribution is 2.27. The summed E-state index contributed by atoms with van der Waals surface area (Å²) in [5, 5.41) is 17.3. The Bertz CT molecular complexity index is 838. The van der Waals surface area contributed by atoms with E-state index in [1.807, 2.05) is 62.4 Å². The molecule has 0 saturated heterocycles. The van der Waals surface area contributed by atoms with Crippen LogP contribution in [-0.2, 0) is 0 Å². The smallest absolute Gasteiger partial charge is 0.358 e. The highest BCUT2D eigenvalue weighted by molar-refractivity contribution is 5.93. The highest BCUT2D eigenvalue weighted by atomic mass is 16.4. The average molecular weight is 293 g/mol. The quantitative estimate of drug-likeness (QED) is 0.805. The van der Waals surface area contributed by atoms with Gasteiger partial charge < -0.3 is 5.11 Å². The summed E-state index contributed by atoms with van der Waals surface area (Å²) >= 11 is 0. The third-order valence-corrected chi connectivity index (χ3v) is 3.72. The Morgan fingerprint density at radius 1 is 1.05 bits per heavy atom. The van der Waals surface area contributed by atoms with E-state index in [1.165, 1.54) is 0 Å². The standard InChI is InChI=1S/C17H15N3O2/c1-11-7-6-10-14(12(11)2)20-16(13-8-4-3-5-9-13)15(17(21)22)18-19-20/h3-10H,1-2H3,(H,21,22). The SMILES string of the molecule is Cc1cccc(-n2nnc(C(=O)O)c2-c2ccccc2)c1C. The summed E-state index contributed by atoms with van der Waals surface area (Å²) in [4.78, 5) is 11.5. The molecule has 22 heavy (non-hydrogen) atoms. The maximum Gasteiger partial charge on any atom is 0.358 e. The van der Waals surface area contributed by atoms with Crippen molar-refractivity contribution in [2.24, 2.45) is 0 Å². The van der Waals surface area contributed by atoms with Crippen molar-refractivity contribution in [3.63, 3.8) is 0 Å². The van der Waals surface area contributed by atoms with E-state index in [1.54, 1.807) is 4.68 Å². The van der Waals surface area contributed by atoms with Crippen LogP contribution >= 0.6 is 0 Å². The van der Waals surface area contributed by atoms with Gasteiger partial charge in [-0.2, -0.15) is 0 Å². The van der Waals surface area contributed by atoms with Crippen molar-refractivity contribution in [1.29, 1.82) is 0 Å². The fourth-order valence-electron chi connectivity index (χ4n) is 2.41. The minimum atomic E-state index is -1.09. The van der Waals surface area contributed by atoms with Gasteiger partial charge in [-0.05, 0) is 31.0 Å². The fourth-order valence-corrected chi connectivity index (χ4v) is 2.41. The summed E-state index contributed by atoms with van der Waals surface area (Å²) in [5.41, 5.74) is 4.20. The molecule has 1 aromatic heterocycles. The van der Waals surface area contributed by atoms with E-state index in [0.717, 1.165) is 22.4 Å². The number of aromatic nitrogens is 3. The van der Waals surface area contributed by atoms with E-state index < -0.39 is 5.97 Å². The Morgan fingerprint density at radius 2 is 1.77 bits per heavy atom. The van der Waals surface area contributed by atoms with Crippen molar-refractivity contribution in [2.45, 2.75) is 13.8 Å². The van der Waals surface area contributed by atoms with Crippen molar-refractivity contribution < 1.29 is 9.90 Å². The number of aryl methyl sites for hydroxylation is 1. The minimum Gasteiger partial charge on any atom is -0.476 e. The summed E-state index contributed by atoms with van der Waals surface area (Å²) in [7, 11) is 0. The predicted octanol–water partition coefficient (Wildman–Crippen LogP) is 3.25. The van der Waals surface area contributed by atoms with Gasteiger partial charge in [-0.25, -0.2) is 9.48 Å². The lowest BCUT2D eigenvalue weighted by Crippen LogP contribution is -2.05. The number of rotatable bonds is 3. The summed E-state index contributed by atoms with van der Waals surface area (Å²) in [5.74, 6) is -1.09. The van der Waals surface area contributed by atoms with Gasteiger partial charge in [-0.3, -0.25) is 0 Å². The van der Waals surface area contributed by atoms with Crippen LogP contribution in [-0.4, -0.2) is 26.1 Å². The van der Waals surface area contributed by atoms with Gasteiger partial charge >= 0.3 is 5.97 Å². The van der Waals surface area contributed by atoms with E-state index in [9.17, 15) is 9.90 Å². The zero-order valence-corrected chi connectivity index (χ0v) is 12.3. The van der Waals surface area contributed by atoms with Gasteiger partial charge in [-0.1, -0.05) is 47.7 Å². The summed E-state index contributed by atoms with van der Waals surface area (Å²) in [6.07, 6.45) is 0. The first kappa shape index (κ1) is 14.0. The Kier molecular flexibility index (Phi) is 3.47. The number of nitrogens with zero attached hydrogens (tertiary/aromatic N) is 3. The molecule has 1 N–H and O–H groups in total.